The maximum atomic E-state index is 13.1. The van der Waals surface area contributed by atoms with Crippen LogP contribution in [-0.2, 0) is 11.2 Å². The zero-order valence-electron chi connectivity index (χ0n) is 10.6. The molecule has 1 aromatic rings. The molecule has 3 rings (SSSR count). The van der Waals surface area contributed by atoms with Gasteiger partial charge in [0.25, 0.3) is 0 Å². The summed E-state index contributed by atoms with van der Waals surface area (Å²) in [5, 5.41) is 0. The number of methoxy groups -OCH3 is 1. The first-order valence-corrected chi connectivity index (χ1v) is 6.44. The van der Waals surface area contributed by atoms with Crippen LogP contribution in [0.4, 0.5) is 4.39 Å². The van der Waals surface area contributed by atoms with E-state index in [-0.39, 0.29) is 5.82 Å². The van der Waals surface area contributed by atoms with E-state index in [1.54, 1.807) is 7.11 Å². The van der Waals surface area contributed by atoms with Crippen molar-refractivity contribution < 1.29 is 13.9 Å². The van der Waals surface area contributed by atoms with Gasteiger partial charge in [-0.15, -0.1) is 0 Å². The molecule has 0 bridgehead atoms. The Morgan fingerprint density at radius 2 is 2.33 bits per heavy atom. The van der Waals surface area contributed by atoms with E-state index in [1.807, 2.05) is 6.07 Å². The zero-order valence-corrected chi connectivity index (χ0v) is 10.6. The van der Waals surface area contributed by atoms with Gasteiger partial charge in [-0.3, -0.25) is 4.90 Å². The van der Waals surface area contributed by atoms with Gasteiger partial charge in [-0.05, 0) is 24.5 Å². The lowest BCUT2D eigenvalue weighted by Crippen LogP contribution is -2.42. The Hall–Kier alpha value is -1.13. The third kappa shape index (κ3) is 2.22. The standard InChI is InChI=1S/C14H18FNO2/c1-17-13-4-5-16(8-13)12-6-10-2-3-11(15)7-14(10)18-9-12/h2-3,7,12-13H,4-6,8-9H2,1H3/t12-,13-/m1/s1. The van der Waals surface area contributed by atoms with E-state index < -0.39 is 0 Å². The molecule has 2 aliphatic heterocycles. The fraction of sp³-hybridized carbons (Fsp3) is 0.571. The Kier molecular flexibility index (Phi) is 3.22. The maximum Gasteiger partial charge on any atom is 0.126 e. The van der Waals surface area contributed by atoms with Gasteiger partial charge < -0.3 is 9.47 Å². The molecule has 4 heteroatoms. The topological polar surface area (TPSA) is 21.7 Å². The van der Waals surface area contributed by atoms with E-state index in [1.165, 1.54) is 12.1 Å². The van der Waals surface area contributed by atoms with E-state index >= 15 is 0 Å². The molecular weight excluding hydrogens is 233 g/mol. The van der Waals surface area contributed by atoms with Crippen molar-refractivity contribution in [1.82, 2.24) is 4.90 Å². The van der Waals surface area contributed by atoms with Crippen LogP contribution in [0.15, 0.2) is 18.2 Å². The minimum atomic E-state index is -0.229. The van der Waals surface area contributed by atoms with Crippen molar-refractivity contribution in [2.75, 3.05) is 26.8 Å². The van der Waals surface area contributed by atoms with Gasteiger partial charge in [0.15, 0.2) is 0 Å². The summed E-state index contributed by atoms with van der Waals surface area (Å²) in [6, 6.07) is 5.21. The molecule has 0 amide bonds. The quantitative estimate of drug-likeness (QED) is 0.800. The van der Waals surface area contributed by atoms with Gasteiger partial charge in [0.1, 0.15) is 18.2 Å². The first-order chi connectivity index (χ1) is 8.76. The van der Waals surface area contributed by atoms with E-state index in [0.717, 1.165) is 31.5 Å². The summed E-state index contributed by atoms with van der Waals surface area (Å²) in [5.74, 6) is 0.474. The monoisotopic (exact) mass is 251 g/mol. The molecule has 0 radical (unpaired) electrons. The minimum Gasteiger partial charge on any atom is -0.492 e. The summed E-state index contributed by atoms with van der Waals surface area (Å²) in [6.07, 6.45) is 2.37. The smallest absolute Gasteiger partial charge is 0.126 e. The van der Waals surface area contributed by atoms with Gasteiger partial charge in [0.2, 0.25) is 0 Å². The highest BCUT2D eigenvalue weighted by Gasteiger charge is 2.31. The van der Waals surface area contributed by atoms with Crippen molar-refractivity contribution in [3.63, 3.8) is 0 Å². The average Bonchev–Trinajstić information content (AvgIpc) is 2.87. The van der Waals surface area contributed by atoms with Crippen LogP contribution >= 0.6 is 0 Å². The van der Waals surface area contributed by atoms with Gasteiger partial charge >= 0.3 is 0 Å². The fourth-order valence-electron chi connectivity index (χ4n) is 2.84. The molecule has 18 heavy (non-hydrogen) atoms. The maximum absolute atomic E-state index is 13.1. The number of nitrogens with zero attached hydrogens (tertiary/aromatic N) is 1. The third-order valence-electron chi connectivity index (χ3n) is 3.94. The number of hydrogen-bond donors (Lipinski definition) is 0. The average molecular weight is 251 g/mol. The Morgan fingerprint density at radius 1 is 1.44 bits per heavy atom. The van der Waals surface area contributed by atoms with Crippen LogP contribution in [0.5, 0.6) is 5.75 Å². The number of likely N-dealkylation sites (tertiary alicyclic amines) is 1. The highest BCUT2D eigenvalue weighted by molar-refractivity contribution is 5.36. The lowest BCUT2D eigenvalue weighted by atomic mass is 10.0. The van der Waals surface area contributed by atoms with Crippen LogP contribution in [0.25, 0.3) is 0 Å². The van der Waals surface area contributed by atoms with Crippen molar-refractivity contribution in [2.24, 2.45) is 0 Å². The summed E-state index contributed by atoms with van der Waals surface area (Å²) in [4.78, 5) is 2.42. The van der Waals surface area contributed by atoms with E-state index in [2.05, 4.69) is 4.90 Å². The molecule has 2 atom stereocenters. The number of hydrogen-bond acceptors (Lipinski definition) is 3. The van der Waals surface area contributed by atoms with E-state index in [9.17, 15) is 4.39 Å². The van der Waals surface area contributed by atoms with Crippen molar-refractivity contribution in [3.8, 4) is 5.75 Å². The van der Waals surface area contributed by atoms with Crippen LogP contribution in [-0.4, -0.2) is 43.9 Å². The van der Waals surface area contributed by atoms with Gasteiger partial charge in [-0.1, -0.05) is 6.07 Å². The number of halogens is 1. The molecule has 98 valence electrons. The molecule has 1 saturated heterocycles. The van der Waals surface area contributed by atoms with Crippen LogP contribution in [0.1, 0.15) is 12.0 Å². The third-order valence-corrected chi connectivity index (χ3v) is 3.94. The number of ether oxygens (including phenoxy) is 2. The number of benzene rings is 1. The summed E-state index contributed by atoms with van der Waals surface area (Å²) in [6.45, 7) is 2.68. The molecule has 2 heterocycles. The Labute approximate surface area is 106 Å². The van der Waals surface area contributed by atoms with Crippen molar-refractivity contribution in [1.29, 1.82) is 0 Å². The van der Waals surface area contributed by atoms with Gasteiger partial charge in [0.05, 0.1) is 6.10 Å². The summed E-state index contributed by atoms with van der Waals surface area (Å²) in [7, 11) is 1.77. The second kappa shape index (κ2) is 4.86. The van der Waals surface area contributed by atoms with Gasteiger partial charge in [0, 0.05) is 32.3 Å². The molecule has 3 nitrogen and oxygen atoms in total. The molecule has 1 aromatic carbocycles. The second-order valence-corrected chi connectivity index (χ2v) is 5.06. The predicted molar refractivity (Wildman–Crippen MR) is 66.4 cm³/mol. The van der Waals surface area contributed by atoms with Crippen molar-refractivity contribution >= 4 is 0 Å². The van der Waals surface area contributed by atoms with Crippen molar-refractivity contribution in [3.05, 3.63) is 29.6 Å². The van der Waals surface area contributed by atoms with Gasteiger partial charge in [-0.25, -0.2) is 4.39 Å². The molecular formula is C14H18FNO2. The summed E-state index contributed by atoms with van der Waals surface area (Å²) >= 11 is 0. The molecule has 0 aliphatic carbocycles. The van der Waals surface area contributed by atoms with Gasteiger partial charge in [-0.2, -0.15) is 0 Å². The minimum absolute atomic E-state index is 0.229. The molecule has 1 fully saturated rings. The SMILES string of the molecule is CO[C@@H]1CCN([C@H]2COc3cc(F)ccc3C2)C1. The highest BCUT2D eigenvalue weighted by Crippen LogP contribution is 2.28. The molecule has 0 N–H and O–H groups in total. The number of rotatable bonds is 2. The Morgan fingerprint density at radius 3 is 3.11 bits per heavy atom. The Balaban J connectivity index is 1.70. The van der Waals surface area contributed by atoms with Crippen LogP contribution in [0, 0.1) is 5.82 Å². The van der Waals surface area contributed by atoms with E-state index in [0.29, 0.717) is 24.5 Å². The zero-order chi connectivity index (χ0) is 12.5. The summed E-state index contributed by atoms with van der Waals surface area (Å²) in [5.41, 5.74) is 1.11. The fourth-order valence-corrected chi connectivity index (χ4v) is 2.84. The highest BCUT2D eigenvalue weighted by atomic mass is 19.1. The molecule has 0 saturated carbocycles. The normalized spacial score (nSPS) is 27.9. The Bertz CT molecular complexity index is 438. The first-order valence-electron chi connectivity index (χ1n) is 6.44. The van der Waals surface area contributed by atoms with Crippen LogP contribution in [0.3, 0.4) is 0 Å². The predicted octanol–water partition coefficient (Wildman–Crippen LogP) is 1.85. The molecule has 0 unspecified atom stereocenters. The van der Waals surface area contributed by atoms with Crippen LogP contribution < -0.4 is 4.74 Å². The first kappa shape index (κ1) is 11.9. The molecule has 0 spiro atoms. The molecule has 0 aromatic heterocycles. The largest absolute Gasteiger partial charge is 0.492 e. The number of fused-ring (bicyclic) bond motifs is 1. The van der Waals surface area contributed by atoms with Crippen LogP contribution in [0.2, 0.25) is 0 Å². The second-order valence-electron chi connectivity index (χ2n) is 5.06. The lowest BCUT2D eigenvalue weighted by Gasteiger charge is -2.32. The molecule has 2 aliphatic rings. The summed E-state index contributed by atoms with van der Waals surface area (Å²) < 4.78 is 24.1. The lowest BCUT2D eigenvalue weighted by molar-refractivity contribution is 0.0874. The van der Waals surface area contributed by atoms with Crippen molar-refractivity contribution in [2.45, 2.75) is 25.0 Å². The van der Waals surface area contributed by atoms with E-state index in [4.69, 9.17) is 9.47 Å².